The van der Waals surface area contributed by atoms with Gasteiger partial charge in [-0.1, -0.05) is 24.6 Å². The summed E-state index contributed by atoms with van der Waals surface area (Å²) in [6.07, 6.45) is 5.10. The molecule has 1 aromatic heterocycles. The van der Waals surface area contributed by atoms with Crippen LogP contribution in [0.2, 0.25) is 0 Å². The van der Waals surface area contributed by atoms with Crippen molar-refractivity contribution in [3.63, 3.8) is 0 Å². The van der Waals surface area contributed by atoms with Crippen molar-refractivity contribution in [2.45, 2.75) is 43.0 Å². The molecule has 1 atom stereocenters. The zero-order chi connectivity index (χ0) is 25.8. The van der Waals surface area contributed by atoms with Gasteiger partial charge in [-0.2, -0.15) is 4.31 Å². The molecule has 10 heteroatoms. The van der Waals surface area contributed by atoms with E-state index in [1.54, 1.807) is 9.69 Å². The van der Waals surface area contributed by atoms with Gasteiger partial charge in [-0.15, -0.1) is 11.3 Å². The topological polar surface area (TPSA) is 73.4 Å². The van der Waals surface area contributed by atoms with Gasteiger partial charge in [-0.25, -0.2) is 8.42 Å². The SMILES string of the molecule is CN1CCC(CN2CCN(C(=O)COCC3CCCCN3S(=O)(=O)c3csc4ccccc34)CC2)CC1. The third-order valence-corrected chi connectivity index (χ3v) is 11.3. The lowest BCUT2D eigenvalue weighted by Gasteiger charge is -2.38. The van der Waals surface area contributed by atoms with Crippen LogP contribution in [-0.2, 0) is 19.6 Å². The maximum Gasteiger partial charge on any atom is 0.248 e. The monoisotopic (exact) mass is 548 g/mol. The normalized spacial score (nSPS) is 23.6. The summed E-state index contributed by atoms with van der Waals surface area (Å²) < 4.78 is 35.7. The van der Waals surface area contributed by atoms with E-state index >= 15 is 0 Å². The van der Waals surface area contributed by atoms with Crippen LogP contribution in [-0.4, -0.2) is 112 Å². The number of piperazine rings is 1. The van der Waals surface area contributed by atoms with Gasteiger partial charge in [0.15, 0.2) is 0 Å². The van der Waals surface area contributed by atoms with E-state index in [1.807, 2.05) is 29.2 Å². The molecule has 0 aliphatic carbocycles. The van der Waals surface area contributed by atoms with Gasteiger partial charge in [0, 0.05) is 60.8 Å². The molecule has 204 valence electrons. The van der Waals surface area contributed by atoms with Gasteiger partial charge >= 0.3 is 0 Å². The highest BCUT2D eigenvalue weighted by molar-refractivity contribution is 7.89. The predicted molar refractivity (Wildman–Crippen MR) is 147 cm³/mol. The lowest BCUT2D eigenvalue weighted by atomic mass is 9.96. The molecule has 8 nitrogen and oxygen atoms in total. The molecule has 0 spiro atoms. The molecule has 1 unspecified atom stereocenters. The van der Waals surface area contributed by atoms with E-state index in [2.05, 4.69) is 16.8 Å². The summed E-state index contributed by atoms with van der Waals surface area (Å²) in [5, 5.41) is 2.53. The number of fused-ring (bicyclic) bond motifs is 1. The molecule has 0 N–H and O–H groups in total. The lowest BCUT2D eigenvalue weighted by molar-refractivity contribution is -0.138. The molecule has 4 heterocycles. The van der Waals surface area contributed by atoms with Gasteiger partial charge in [0.2, 0.25) is 15.9 Å². The first-order chi connectivity index (χ1) is 17.9. The Bertz CT molecular complexity index is 1150. The fourth-order valence-corrected chi connectivity index (χ4v) is 9.05. The van der Waals surface area contributed by atoms with Crippen LogP contribution in [0.1, 0.15) is 32.1 Å². The Hall–Kier alpha value is -1.56. The van der Waals surface area contributed by atoms with Crippen molar-refractivity contribution in [1.82, 2.24) is 19.0 Å². The fourth-order valence-electron chi connectivity index (χ4n) is 5.90. The number of thiophene rings is 1. The summed E-state index contributed by atoms with van der Waals surface area (Å²) in [7, 11) is -1.43. The first-order valence-corrected chi connectivity index (χ1v) is 16.0. The minimum atomic E-state index is -3.63. The third kappa shape index (κ3) is 6.37. The highest BCUT2D eigenvalue weighted by atomic mass is 32.2. The lowest BCUT2D eigenvalue weighted by Crippen LogP contribution is -2.51. The number of nitrogens with zero attached hydrogens (tertiary/aromatic N) is 4. The van der Waals surface area contributed by atoms with Crippen LogP contribution in [0.15, 0.2) is 34.5 Å². The summed E-state index contributed by atoms with van der Waals surface area (Å²) in [4.78, 5) is 20.0. The first-order valence-electron chi connectivity index (χ1n) is 13.7. The van der Waals surface area contributed by atoms with Crippen LogP contribution in [0.25, 0.3) is 10.1 Å². The van der Waals surface area contributed by atoms with E-state index < -0.39 is 10.0 Å². The number of hydrogen-bond donors (Lipinski definition) is 0. The average molecular weight is 549 g/mol. The first kappa shape index (κ1) is 27.0. The molecular formula is C27H40N4O4S2. The second kappa shape index (κ2) is 12.1. The molecule has 3 fully saturated rings. The molecule has 5 rings (SSSR count). The van der Waals surface area contributed by atoms with Crippen LogP contribution in [0, 0.1) is 5.92 Å². The largest absolute Gasteiger partial charge is 0.370 e. The van der Waals surface area contributed by atoms with Gasteiger partial charge in [0.1, 0.15) is 11.5 Å². The minimum Gasteiger partial charge on any atom is -0.370 e. The minimum absolute atomic E-state index is 0.00739. The van der Waals surface area contributed by atoms with Crippen LogP contribution < -0.4 is 0 Å². The number of likely N-dealkylation sites (tertiary alicyclic amines) is 1. The molecule has 3 saturated heterocycles. The van der Waals surface area contributed by atoms with Gasteiger partial charge in [0.25, 0.3) is 0 Å². The number of hydrogen-bond acceptors (Lipinski definition) is 7. The van der Waals surface area contributed by atoms with Crippen LogP contribution in [0.5, 0.6) is 0 Å². The second-order valence-corrected chi connectivity index (χ2v) is 13.6. The van der Waals surface area contributed by atoms with Crippen molar-refractivity contribution in [3.8, 4) is 0 Å². The van der Waals surface area contributed by atoms with E-state index in [1.165, 1.54) is 37.3 Å². The quantitative estimate of drug-likeness (QED) is 0.505. The number of carbonyl (C=O) groups is 1. The van der Waals surface area contributed by atoms with Crippen molar-refractivity contribution in [2.24, 2.45) is 5.92 Å². The van der Waals surface area contributed by atoms with Gasteiger partial charge in [-0.3, -0.25) is 9.69 Å². The van der Waals surface area contributed by atoms with E-state index in [0.29, 0.717) is 11.4 Å². The summed E-state index contributed by atoms with van der Waals surface area (Å²) in [5.41, 5.74) is 0. The maximum absolute atomic E-state index is 13.6. The van der Waals surface area contributed by atoms with Gasteiger partial charge in [0.05, 0.1) is 6.61 Å². The Kier molecular flexibility index (Phi) is 8.83. The number of sulfonamides is 1. The van der Waals surface area contributed by atoms with E-state index in [0.717, 1.165) is 68.0 Å². The molecule has 0 bridgehead atoms. The molecule has 0 saturated carbocycles. The number of ether oxygens (including phenoxy) is 1. The van der Waals surface area contributed by atoms with E-state index in [9.17, 15) is 13.2 Å². The van der Waals surface area contributed by atoms with Crippen molar-refractivity contribution in [2.75, 3.05) is 72.6 Å². The predicted octanol–water partition coefficient (Wildman–Crippen LogP) is 2.95. The average Bonchev–Trinajstić information content (AvgIpc) is 3.36. The zero-order valence-corrected chi connectivity index (χ0v) is 23.5. The molecule has 2 aromatic rings. The number of benzene rings is 1. The van der Waals surface area contributed by atoms with Gasteiger partial charge < -0.3 is 14.5 Å². The number of rotatable bonds is 8. The zero-order valence-electron chi connectivity index (χ0n) is 21.9. The summed E-state index contributed by atoms with van der Waals surface area (Å²) in [6, 6.07) is 7.40. The molecule has 3 aliphatic heterocycles. The molecular weight excluding hydrogens is 508 g/mol. The number of piperidine rings is 2. The van der Waals surface area contributed by atoms with Crippen molar-refractivity contribution in [1.29, 1.82) is 0 Å². The number of carbonyl (C=O) groups excluding carboxylic acids is 1. The maximum atomic E-state index is 13.6. The van der Waals surface area contributed by atoms with Crippen molar-refractivity contribution in [3.05, 3.63) is 29.6 Å². The Morgan fingerprint density at radius 1 is 1.00 bits per heavy atom. The summed E-state index contributed by atoms with van der Waals surface area (Å²) in [6.45, 7) is 7.58. The third-order valence-electron chi connectivity index (χ3n) is 8.22. The molecule has 3 aliphatic rings. The summed E-state index contributed by atoms with van der Waals surface area (Å²) in [5.74, 6) is 0.775. The van der Waals surface area contributed by atoms with Crippen LogP contribution in [0.4, 0.5) is 0 Å². The highest BCUT2D eigenvalue weighted by Crippen LogP contribution is 2.34. The van der Waals surface area contributed by atoms with E-state index in [-0.39, 0.29) is 25.2 Å². The number of amides is 1. The van der Waals surface area contributed by atoms with Crippen LogP contribution in [0.3, 0.4) is 0 Å². The van der Waals surface area contributed by atoms with E-state index in [4.69, 9.17) is 4.74 Å². The van der Waals surface area contributed by atoms with Crippen molar-refractivity contribution < 1.29 is 17.9 Å². The molecule has 37 heavy (non-hydrogen) atoms. The smallest absolute Gasteiger partial charge is 0.248 e. The Morgan fingerprint density at radius 3 is 2.54 bits per heavy atom. The summed E-state index contributed by atoms with van der Waals surface area (Å²) >= 11 is 1.46. The molecule has 0 radical (unpaired) electrons. The molecule has 1 amide bonds. The van der Waals surface area contributed by atoms with Crippen molar-refractivity contribution >= 4 is 37.4 Å². The molecule has 1 aromatic carbocycles. The van der Waals surface area contributed by atoms with Crippen LogP contribution >= 0.6 is 11.3 Å². The Balaban J connectivity index is 1.10. The Morgan fingerprint density at radius 2 is 1.76 bits per heavy atom. The standard InChI is InChI=1S/C27H40N4O4S2/c1-28-12-9-22(10-13-28)18-29-14-16-30(17-15-29)27(32)20-35-19-23-6-4-5-11-31(23)37(33,34)26-21-36-25-8-3-2-7-24(25)26/h2-3,7-8,21-23H,4-6,9-20H2,1H3. The Labute approximate surface area is 225 Å². The highest BCUT2D eigenvalue weighted by Gasteiger charge is 2.35. The second-order valence-electron chi connectivity index (χ2n) is 10.8. The fraction of sp³-hybridized carbons (Fsp3) is 0.667. The van der Waals surface area contributed by atoms with Gasteiger partial charge in [-0.05, 0) is 57.8 Å².